The van der Waals surface area contributed by atoms with Crippen molar-refractivity contribution >= 4 is 29.9 Å². The Kier molecular flexibility index (Phi) is 10.2. The van der Waals surface area contributed by atoms with Crippen LogP contribution < -0.4 is 15.4 Å². The third-order valence-electron chi connectivity index (χ3n) is 3.88. The molecule has 0 aliphatic rings. The first-order valence-electron chi connectivity index (χ1n) is 8.88. The first-order chi connectivity index (χ1) is 12.9. The summed E-state index contributed by atoms with van der Waals surface area (Å²) in [4.78, 5) is 8.54. The highest BCUT2D eigenvalue weighted by molar-refractivity contribution is 14.0. The molecular formula is C19H28F2IN5O. The SMILES string of the molecule is CN=C(NCc1cc(C)ccc1OC(F)F)NCc1nccn1CC(C)C.I. The number of aliphatic imine (C=N–C) groups is 1. The molecule has 2 N–H and O–H groups in total. The zero-order valence-corrected chi connectivity index (χ0v) is 18.9. The highest BCUT2D eigenvalue weighted by Gasteiger charge is 2.11. The number of halogens is 3. The molecule has 0 radical (unpaired) electrons. The van der Waals surface area contributed by atoms with Crippen molar-refractivity contribution in [3.8, 4) is 5.75 Å². The van der Waals surface area contributed by atoms with Crippen LogP contribution in [0.5, 0.6) is 5.75 Å². The predicted molar refractivity (Wildman–Crippen MR) is 117 cm³/mol. The lowest BCUT2D eigenvalue weighted by atomic mass is 10.1. The normalized spacial score (nSPS) is 11.5. The number of nitrogens with zero attached hydrogens (tertiary/aromatic N) is 3. The first kappa shape index (κ1) is 24.1. The fourth-order valence-corrected chi connectivity index (χ4v) is 2.69. The van der Waals surface area contributed by atoms with Crippen molar-refractivity contribution in [2.24, 2.45) is 10.9 Å². The van der Waals surface area contributed by atoms with Gasteiger partial charge in [-0.25, -0.2) is 4.98 Å². The molecule has 0 saturated carbocycles. The van der Waals surface area contributed by atoms with Crippen LogP contribution >= 0.6 is 24.0 Å². The Morgan fingerprint density at radius 1 is 1.25 bits per heavy atom. The molecule has 2 rings (SSSR count). The smallest absolute Gasteiger partial charge is 0.387 e. The molecule has 9 heteroatoms. The molecule has 0 amide bonds. The molecule has 2 aromatic rings. The van der Waals surface area contributed by atoms with E-state index in [-0.39, 0.29) is 29.7 Å². The van der Waals surface area contributed by atoms with Gasteiger partial charge in [0.05, 0.1) is 6.54 Å². The lowest BCUT2D eigenvalue weighted by Crippen LogP contribution is -2.37. The van der Waals surface area contributed by atoms with Crippen molar-refractivity contribution in [3.63, 3.8) is 0 Å². The second-order valence-electron chi connectivity index (χ2n) is 6.66. The molecule has 0 atom stereocenters. The van der Waals surface area contributed by atoms with Gasteiger partial charge in [-0.05, 0) is 18.9 Å². The number of nitrogens with one attached hydrogen (secondary N) is 2. The number of benzene rings is 1. The van der Waals surface area contributed by atoms with Crippen LogP contribution in [0.2, 0.25) is 0 Å². The van der Waals surface area contributed by atoms with Crippen LogP contribution in [-0.2, 0) is 19.6 Å². The van der Waals surface area contributed by atoms with Gasteiger partial charge < -0.3 is 19.9 Å². The monoisotopic (exact) mass is 507 g/mol. The average Bonchev–Trinajstić information content (AvgIpc) is 3.03. The summed E-state index contributed by atoms with van der Waals surface area (Å²) in [5.41, 5.74) is 1.60. The Morgan fingerprint density at radius 2 is 1.96 bits per heavy atom. The van der Waals surface area contributed by atoms with Gasteiger partial charge in [0.15, 0.2) is 5.96 Å². The van der Waals surface area contributed by atoms with E-state index in [2.05, 4.69) is 43.8 Å². The van der Waals surface area contributed by atoms with Gasteiger partial charge in [0, 0.05) is 38.1 Å². The van der Waals surface area contributed by atoms with E-state index in [4.69, 9.17) is 0 Å². The molecule has 0 spiro atoms. The minimum Gasteiger partial charge on any atom is -0.434 e. The summed E-state index contributed by atoms with van der Waals surface area (Å²) >= 11 is 0. The van der Waals surface area contributed by atoms with Crippen molar-refractivity contribution in [1.29, 1.82) is 0 Å². The fourth-order valence-electron chi connectivity index (χ4n) is 2.69. The second-order valence-corrected chi connectivity index (χ2v) is 6.66. The van der Waals surface area contributed by atoms with Crippen molar-refractivity contribution in [2.45, 2.75) is 47.0 Å². The van der Waals surface area contributed by atoms with Gasteiger partial charge in [-0.1, -0.05) is 31.5 Å². The molecule has 6 nitrogen and oxygen atoms in total. The lowest BCUT2D eigenvalue weighted by Gasteiger charge is -2.16. The van der Waals surface area contributed by atoms with Gasteiger partial charge in [0.25, 0.3) is 0 Å². The Morgan fingerprint density at radius 3 is 2.61 bits per heavy atom. The van der Waals surface area contributed by atoms with E-state index in [1.807, 2.05) is 19.2 Å². The zero-order valence-electron chi connectivity index (χ0n) is 16.6. The van der Waals surface area contributed by atoms with E-state index in [9.17, 15) is 8.78 Å². The molecule has 1 aromatic carbocycles. The van der Waals surface area contributed by atoms with E-state index in [1.165, 1.54) is 0 Å². The molecule has 0 aliphatic heterocycles. The number of rotatable bonds is 8. The van der Waals surface area contributed by atoms with Gasteiger partial charge in [-0.15, -0.1) is 24.0 Å². The maximum Gasteiger partial charge on any atom is 0.387 e. The maximum absolute atomic E-state index is 12.6. The van der Waals surface area contributed by atoms with Gasteiger partial charge in [-0.2, -0.15) is 8.78 Å². The summed E-state index contributed by atoms with van der Waals surface area (Å²) in [5.74, 6) is 2.14. The van der Waals surface area contributed by atoms with Gasteiger partial charge in [0.2, 0.25) is 0 Å². The molecule has 1 aromatic heterocycles. The number of imidazole rings is 1. The van der Waals surface area contributed by atoms with Gasteiger partial charge in [0.1, 0.15) is 11.6 Å². The molecular weight excluding hydrogens is 479 g/mol. The van der Waals surface area contributed by atoms with Crippen molar-refractivity contribution in [1.82, 2.24) is 20.2 Å². The summed E-state index contributed by atoms with van der Waals surface area (Å²) in [7, 11) is 1.66. The number of hydrogen-bond donors (Lipinski definition) is 2. The average molecular weight is 507 g/mol. The second kappa shape index (κ2) is 11.8. The van der Waals surface area contributed by atoms with Crippen LogP contribution in [-0.4, -0.2) is 29.2 Å². The quantitative estimate of drug-likeness (QED) is 0.323. The van der Waals surface area contributed by atoms with Crippen molar-refractivity contribution < 1.29 is 13.5 Å². The Labute approximate surface area is 181 Å². The molecule has 0 bridgehead atoms. The highest BCUT2D eigenvalue weighted by atomic mass is 127. The van der Waals surface area contributed by atoms with E-state index in [1.54, 1.807) is 25.4 Å². The number of aromatic nitrogens is 2. The Hall–Kier alpha value is -1.91. The summed E-state index contributed by atoms with van der Waals surface area (Å²) in [6.07, 6.45) is 3.73. The number of guanidine groups is 1. The van der Waals surface area contributed by atoms with E-state index in [0.29, 0.717) is 30.5 Å². The minimum atomic E-state index is -2.86. The third kappa shape index (κ3) is 7.61. The zero-order chi connectivity index (χ0) is 19.8. The van der Waals surface area contributed by atoms with Crippen LogP contribution in [0.1, 0.15) is 30.8 Å². The van der Waals surface area contributed by atoms with Gasteiger partial charge >= 0.3 is 6.61 Å². The maximum atomic E-state index is 12.6. The summed E-state index contributed by atoms with van der Waals surface area (Å²) in [6, 6.07) is 5.10. The Balaban J connectivity index is 0.00000392. The summed E-state index contributed by atoms with van der Waals surface area (Å²) < 4.78 is 31.9. The van der Waals surface area contributed by atoms with Crippen molar-refractivity contribution in [3.05, 3.63) is 47.5 Å². The lowest BCUT2D eigenvalue weighted by molar-refractivity contribution is -0.0504. The van der Waals surface area contributed by atoms with Crippen LogP contribution in [0.3, 0.4) is 0 Å². The molecule has 0 saturated heterocycles. The molecule has 28 heavy (non-hydrogen) atoms. The van der Waals surface area contributed by atoms with Crippen LogP contribution in [0.25, 0.3) is 0 Å². The summed E-state index contributed by atoms with van der Waals surface area (Å²) in [6.45, 7) is 5.05. The van der Waals surface area contributed by atoms with Crippen LogP contribution in [0.15, 0.2) is 35.6 Å². The Bertz CT molecular complexity index is 765. The molecule has 0 aliphatic carbocycles. The summed E-state index contributed by atoms with van der Waals surface area (Å²) in [5, 5.41) is 6.32. The number of ether oxygens (including phenoxy) is 1. The minimum absolute atomic E-state index is 0. The van der Waals surface area contributed by atoms with E-state index >= 15 is 0 Å². The first-order valence-corrected chi connectivity index (χ1v) is 8.88. The molecule has 1 heterocycles. The third-order valence-corrected chi connectivity index (χ3v) is 3.88. The number of aryl methyl sites for hydroxylation is 1. The largest absolute Gasteiger partial charge is 0.434 e. The van der Waals surface area contributed by atoms with E-state index < -0.39 is 6.61 Å². The highest BCUT2D eigenvalue weighted by Crippen LogP contribution is 2.21. The molecule has 156 valence electrons. The van der Waals surface area contributed by atoms with Gasteiger partial charge in [-0.3, -0.25) is 4.99 Å². The number of alkyl halides is 2. The van der Waals surface area contributed by atoms with Crippen LogP contribution in [0.4, 0.5) is 8.78 Å². The standard InChI is InChI=1S/C19H27F2N5O.HI/c1-13(2)12-26-8-7-23-17(26)11-25-19(22-4)24-10-15-9-14(3)5-6-16(15)27-18(20)21;/h5-9,13,18H,10-12H2,1-4H3,(H2,22,24,25);1H. The fraction of sp³-hybridized carbons (Fsp3) is 0.474. The van der Waals surface area contributed by atoms with E-state index in [0.717, 1.165) is 17.9 Å². The molecule has 0 fully saturated rings. The topological polar surface area (TPSA) is 63.5 Å². The van der Waals surface area contributed by atoms with Crippen molar-refractivity contribution in [2.75, 3.05) is 7.05 Å². The number of hydrogen-bond acceptors (Lipinski definition) is 3. The molecule has 0 unspecified atom stereocenters. The van der Waals surface area contributed by atoms with Crippen LogP contribution in [0, 0.1) is 12.8 Å². The predicted octanol–water partition coefficient (Wildman–Crippen LogP) is 3.93.